The van der Waals surface area contributed by atoms with Gasteiger partial charge in [-0.15, -0.1) is 12.4 Å². The van der Waals surface area contributed by atoms with Crippen molar-refractivity contribution in [2.45, 2.75) is 26.2 Å². The predicted octanol–water partition coefficient (Wildman–Crippen LogP) is 2.77. The van der Waals surface area contributed by atoms with Gasteiger partial charge < -0.3 is 10.2 Å². The standard InChI is InChI=1S/C17H24N2O2.ClH/c1-3-16(20)14-6-8-15(9-7-14)17(21)19-10-4-5-13(12-19)11-18-2;/h6-9,13,18H,3-5,10-12H2,1-2H3;1H. The van der Waals surface area contributed by atoms with Crippen molar-refractivity contribution in [2.75, 3.05) is 26.7 Å². The molecule has 1 aliphatic rings. The molecule has 1 aromatic rings. The normalized spacial score (nSPS) is 17.7. The Morgan fingerprint density at radius 2 is 1.86 bits per heavy atom. The number of hydrogen-bond donors (Lipinski definition) is 1. The number of ketones is 1. The number of nitrogens with zero attached hydrogens (tertiary/aromatic N) is 1. The number of carbonyl (C=O) groups is 2. The summed E-state index contributed by atoms with van der Waals surface area (Å²) in [5, 5.41) is 3.19. The molecule has 22 heavy (non-hydrogen) atoms. The van der Waals surface area contributed by atoms with Crippen molar-refractivity contribution in [1.82, 2.24) is 10.2 Å². The Labute approximate surface area is 138 Å². The molecule has 0 radical (unpaired) electrons. The maximum atomic E-state index is 12.5. The number of likely N-dealkylation sites (tertiary alicyclic amines) is 1. The van der Waals surface area contributed by atoms with E-state index in [0.717, 1.165) is 26.1 Å². The van der Waals surface area contributed by atoms with Crippen LogP contribution < -0.4 is 5.32 Å². The molecule has 1 fully saturated rings. The van der Waals surface area contributed by atoms with Crippen LogP contribution in [0.3, 0.4) is 0 Å². The first kappa shape index (κ1) is 18.7. The zero-order valence-corrected chi connectivity index (χ0v) is 14.1. The van der Waals surface area contributed by atoms with Gasteiger partial charge >= 0.3 is 0 Å². The molecule has 1 N–H and O–H groups in total. The first-order chi connectivity index (χ1) is 10.2. The lowest BCUT2D eigenvalue weighted by Crippen LogP contribution is -2.42. The first-order valence-corrected chi connectivity index (χ1v) is 7.72. The molecule has 1 atom stereocenters. The fraction of sp³-hybridized carbons (Fsp3) is 0.529. The summed E-state index contributed by atoms with van der Waals surface area (Å²) >= 11 is 0. The summed E-state index contributed by atoms with van der Waals surface area (Å²) in [4.78, 5) is 26.1. The van der Waals surface area contributed by atoms with Gasteiger partial charge in [-0.05, 0) is 44.5 Å². The average molecular weight is 325 g/mol. The highest BCUT2D eigenvalue weighted by Gasteiger charge is 2.24. The van der Waals surface area contributed by atoms with Crippen molar-refractivity contribution in [3.05, 3.63) is 35.4 Å². The minimum atomic E-state index is 0. The fourth-order valence-electron chi connectivity index (χ4n) is 2.89. The number of amides is 1. The highest BCUT2D eigenvalue weighted by atomic mass is 35.5. The van der Waals surface area contributed by atoms with Crippen molar-refractivity contribution >= 4 is 24.1 Å². The number of nitrogens with one attached hydrogen (secondary N) is 1. The van der Waals surface area contributed by atoms with Crippen LogP contribution in [0.25, 0.3) is 0 Å². The minimum Gasteiger partial charge on any atom is -0.338 e. The summed E-state index contributed by atoms with van der Waals surface area (Å²) in [6.45, 7) is 4.44. The Morgan fingerprint density at radius 3 is 2.45 bits per heavy atom. The van der Waals surface area contributed by atoms with E-state index in [0.29, 0.717) is 23.5 Å². The first-order valence-electron chi connectivity index (χ1n) is 7.72. The van der Waals surface area contributed by atoms with Crippen LogP contribution in [0.1, 0.15) is 46.9 Å². The molecular formula is C17H25ClN2O2. The van der Waals surface area contributed by atoms with E-state index in [-0.39, 0.29) is 24.1 Å². The van der Waals surface area contributed by atoms with E-state index in [9.17, 15) is 9.59 Å². The Morgan fingerprint density at radius 1 is 1.23 bits per heavy atom. The lowest BCUT2D eigenvalue weighted by Gasteiger charge is -2.32. The van der Waals surface area contributed by atoms with E-state index in [4.69, 9.17) is 0 Å². The number of carbonyl (C=O) groups excluding carboxylic acids is 2. The zero-order chi connectivity index (χ0) is 15.2. The Hall–Kier alpha value is -1.39. The monoisotopic (exact) mass is 324 g/mol. The van der Waals surface area contributed by atoms with Gasteiger partial charge in [-0.2, -0.15) is 0 Å². The van der Waals surface area contributed by atoms with E-state index < -0.39 is 0 Å². The van der Waals surface area contributed by atoms with Crippen LogP contribution in [0.2, 0.25) is 0 Å². The number of Topliss-reactive ketones (excluding diaryl/α,β-unsaturated/α-hetero) is 1. The third kappa shape index (κ3) is 4.55. The maximum absolute atomic E-state index is 12.5. The summed E-state index contributed by atoms with van der Waals surface area (Å²) in [6.07, 6.45) is 2.73. The quantitative estimate of drug-likeness (QED) is 0.847. The Kier molecular flexibility index (Phi) is 7.56. The third-order valence-electron chi connectivity index (χ3n) is 4.07. The number of hydrogen-bond acceptors (Lipinski definition) is 3. The molecule has 1 saturated heterocycles. The molecule has 2 rings (SSSR count). The number of benzene rings is 1. The van der Waals surface area contributed by atoms with E-state index in [1.54, 1.807) is 24.3 Å². The molecule has 1 aliphatic heterocycles. The average Bonchev–Trinajstić information content (AvgIpc) is 2.54. The molecule has 0 aliphatic carbocycles. The van der Waals surface area contributed by atoms with Crippen molar-refractivity contribution in [2.24, 2.45) is 5.92 Å². The van der Waals surface area contributed by atoms with Gasteiger partial charge in [0.05, 0.1) is 0 Å². The van der Waals surface area contributed by atoms with Gasteiger partial charge in [-0.1, -0.05) is 19.1 Å². The number of piperidine rings is 1. The summed E-state index contributed by atoms with van der Waals surface area (Å²) in [6, 6.07) is 7.06. The van der Waals surface area contributed by atoms with Gasteiger partial charge in [-0.25, -0.2) is 0 Å². The van der Waals surface area contributed by atoms with Crippen molar-refractivity contribution in [1.29, 1.82) is 0 Å². The molecule has 5 heteroatoms. The van der Waals surface area contributed by atoms with Gasteiger partial charge in [0.2, 0.25) is 0 Å². The second kappa shape index (κ2) is 8.91. The van der Waals surface area contributed by atoms with E-state index in [2.05, 4.69) is 5.32 Å². The molecule has 1 heterocycles. The maximum Gasteiger partial charge on any atom is 0.253 e. The predicted molar refractivity (Wildman–Crippen MR) is 90.9 cm³/mol. The van der Waals surface area contributed by atoms with Gasteiger partial charge in [0.1, 0.15) is 0 Å². The number of rotatable bonds is 5. The van der Waals surface area contributed by atoms with Crippen LogP contribution >= 0.6 is 12.4 Å². The molecule has 1 aromatic carbocycles. The summed E-state index contributed by atoms with van der Waals surface area (Å²) in [5.41, 5.74) is 1.36. The molecule has 4 nitrogen and oxygen atoms in total. The van der Waals surface area contributed by atoms with Crippen molar-refractivity contribution < 1.29 is 9.59 Å². The lowest BCUT2D eigenvalue weighted by atomic mass is 9.97. The van der Waals surface area contributed by atoms with Gasteiger partial charge in [0, 0.05) is 30.6 Å². The van der Waals surface area contributed by atoms with Crippen molar-refractivity contribution in [3.8, 4) is 0 Å². The van der Waals surface area contributed by atoms with E-state index in [1.165, 1.54) is 6.42 Å². The van der Waals surface area contributed by atoms with Gasteiger partial charge in [0.25, 0.3) is 5.91 Å². The van der Waals surface area contributed by atoms with Gasteiger partial charge in [0.15, 0.2) is 5.78 Å². The Balaban J connectivity index is 0.00000242. The lowest BCUT2D eigenvalue weighted by molar-refractivity contribution is 0.0674. The number of halogens is 1. The van der Waals surface area contributed by atoms with Gasteiger partial charge in [-0.3, -0.25) is 9.59 Å². The van der Waals surface area contributed by atoms with Crippen LogP contribution in [0.15, 0.2) is 24.3 Å². The molecule has 0 spiro atoms. The largest absolute Gasteiger partial charge is 0.338 e. The minimum absolute atomic E-state index is 0. The summed E-state index contributed by atoms with van der Waals surface area (Å²) in [5.74, 6) is 0.723. The fourth-order valence-corrected chi connectivity index (χ4v) is 2.89. The van der Waals surface area contributed by atoms with Crippen LogP contribution in [0.4, 0.5) is 0 Å². The van der Waals surface area contributed by atoms with Crippen molar-refractivity contribution in [3.63, 3.8) is 0 Å². The summed E-state index contributed by atoms with van der Waals surface area (Å²) < 4.78 is 0. The molecule has 0 aromatic heterocycles. The molecule has 122 valence electrons. The molecule has 0 saturated carbocycles. The topological polar surface area (TPSA) is 49.4 Å². The van der Waals surface area contributed by atoms with Crippen LogP contribution in [-0.2, 0) is 0 Å². The smallest absolute Gasteiger partial charge is 0.253 e. The molecule has 1 unspecified atom stereocenters. The van der Waals surface area contributed by atoms with Crippen LogP contribution in [0.5, 0.6) is 0 Å². The highest BCUT2D eigenvalue weighted by molar-refractivity contribution is 5.98. The van der Waals surface area contributed by atoms with E-state index in [1.807, 2.05) is 18.9 Å². The van der Waals surface area contributed by atoms with Crippen LogP contribution in [0, 0.1) is 5.92 Å². The van der Waals surface area contributed by atoms with Crippen LogP contribution in [-0.4, -0.2) is 43.3 Å². The van der Waals surface area contributed by atoms with E-state index >= 15 is 0 Å². The Bertz CT molecular complexity index is 500. The molecule has 1 amide bonds. The molecule has 0 bridgehead atoms. The second-order valence-electron chi connectivity index (χ2n) is 5.67. The second-order valence-corrected chi connectivity index (χ2v) is 5.67. The third-order valence-corrected chi connectivity index (χ3v) is 4.07. The highest BCUT2D eigenvalue weighted by Crippen LogP contribution is 2.18. The zero-order valence-electron chi connectivity index (χ0n) is 13.3. The SMILES string of the molecule is CCC(=O)c1ccc(C(=O)N2CCCC(CNC)C2)cc1.Cl. The molecular weight excluding hydrogens is 300 g/mol. The summed E-state index contributed by atoms with van der Waals surface area (Å²) in [7, 11) is 1.95.